The van der Waals surface area contributed by atoms with Gasteiger partial charge in [-0.1, -0.05) is 15.9 Å². The van der Waals surface area contributed by atoms with Crippen molar-refractivity contribution in [1.82, 2.24) is 9.55 Å². The molecule has 1 aromatic carbocycles. The predicted molar refractivity (Wildman–Crippen MR) is 104 cm³/mol. The van der Waals surface area contributed by atoms with E-state index >= 15 is 0 Å². The number of aromatic nitrogens is 2. The second kappa shape index (κ2) is 6.90. The zero-order valence-electron chi connectivity index (χ0n) is 16.1. The van der Waals surface area contributed by atoms with E-state index < -0.39 is 23.4 Å². The monoisotopic (exact) mass is 425 g/mol. The van der Waals surface area contributed by atoms with Crippen molar-refractivity contribution in [3.63, 3.8) is 0 Å². The molecular formula is C18H24BrN3O4. The summed E-state index contributed by atoms with van der Waals surface area (Å²) in [6.07, 6.45) is -1.23. The molecule has 0 N–H and O–H groups in total. The molecule has 0 spiro atoms. The van der Waals surface area contributed by atoms with Crippen molar-refractivity contribution in [2.45, 2.75) is 52.7 Å². The minimum Gasteiger partial charge on any atom is -0.443 e. The van der Waals surface area contributed by atoms with Gasteiger partial charge in [-0.3, -0.25) is 0 Å². The van der Waals surface area contributed by atoms with Crippen LogP contribution in [0.1, 0.15) is 41.5 Å². The van der Waals surface area contributed by atoms with Gasteiger partial charge in [0.25, 0.3) is 0 Å². The Morgan fingerprint density at radius 3 is 2.19 bits per heavy atom. The molecule has 0 aliphatic heterocycles. The molecular weight excluding hydrogens is 402 g/mol. The first-order chi connectivity index (χ1) is 11.8. The molecule has 1 aromatic heterocycles. The highest BCUT2D eigenvalue weighted by Gasteiger charge is 2.29. The molecule has 0 aliphatic carbocycles. The Morgan fingerprint density at radius 2 is 1.65 bits per heavy atom. The highest BCUT2D eigenvalue weighted by molar-refractivity contribution is 9.10. The number of rotatable bonds is 1. The molecule has 142 valence electrons. The van der Waals surface area contributed by atoms with Crippen LogP contribution in [0.25, 0.3) is 11.0 Å². The summed E-state index contributed by atoms with van der Waals surface area (Å²) in [5.74, 6) is 0.126. The van der Waals surface area contributed by atoms with Crippen LogP contribution in [0.15, 0.2) is 22.7 Å². The maximum Gasteiger partial charge on any atom is 0.421 e. The van der Waals surface area contributed by atoms with Crippen LogP contribution in [0.3, 0.4) is 0 Å². The highest BCUT2D eigenvalue weighted by atomic mass is 79.9. The van der Waals surface area contributed by atoms with Crippen LogP contribution in [-0.4, -0.2) is 40.0 Å². The number of imidazole rings is 1. The summed E-state index contributed by atoms with van der Waals surface area (Å²) in [6.45, 7) is 10.6. The second-order valence-electron chi connectivity index (χ2n) is 7.90. The number of hydrogen-bond acceptors (Lipinski definition) is 5. The van der Waals surface area contributed by atoms with Crippen LogP contribution in [0, 0.1) is 0 Å². The van der Waals surface area contributed by atoms with E-state index in [4.69, 9.17) is 9.47 Å². The highest BCUT2D eigenvalue weighted by Crippen LogP contribution is 2.27. The van der Waals surface area contributed by atoms with E-state index in [2.05, 4.69) is 20.9 Å². The molecule has 26 heavy (non-hydrogen) atoms. The fraction of sp³-hybridized carbons (Fsp3) is 0.500. The Bertz CT molecular complexity index is 846. The number of hydrogen-bond donors (Lipinski definition) is 0. The molecule has 7 nitrogen and oxygen atoms in total. The molecule has 1 amide bonds. The van der Waals surface area contributed by atoms with Crippen LogP contribution >= 0.6 is 15.9 Å². The second-order valence-corrected chi connectivity index (χ2v) is 8.82. The molecule has 0 bridgehead atoms. The van der Waals surface area contributed by atoms with Crippen LogP contribution in [0.5, 0.6) is 0 Å². The summed E-state index contributed by atoms with van der Waals surface area (Å²) in [4.78, 5) is 30.8. The van der Waals surface area contributed by atoms with Gasteiger partial charge in [0.2, 0.25) is 5.95 Å². The molecule has 1 heterocycles. The molecule has 2 aromatic rings. The first kappa shape index (κ1) is 20.2. The van der Waals surface area contributed by atoms with Gasteiger partial charge in [0.1, 0.15) is 11.2 Å². The van der Waals surface area contributed by atoms with Crippen molar-refractivity contribution in [3.8, 4) is 0 Å². The quantitative estimate of drug-likeness (QED) is 0.645. The van der Waals surface area contributed by atoms with E-state index in [1.807, 2.05) is 0 Å². The van der Waals surface area contributed by atoms with E-state index in [0.717, 1.165) is 4.47 Å². The molecule has 0 atom stereocenters. The van der Waals surface area contributed by atoms with E-state index in [9.17, 15) is 9.59 Å². The van der Waals surface area contributed by atoms with Crippen molar-refractivity contribution in [3.05, 3.63) is 22.7 Å². The summed E-state index contributed by atoms with van der Waals surface area (Å²) in [6, 6.07) is 5.30. The third-order valence-corrected chi connectivity index (χ3v) is 3.64. The van der Waals surface area contributed by atoms with Crippen molar-refractivity contribution >= 4 is 45.1 Å². The fourth-order valence-electron chi connectivity index (χ4n) is 2.17. The summed E-state index contributed by atoms with van der Waals surface area (Å²) in [5, 5.41) is 0. The standard InChI is InChI=1S/C18H24BrN3O4/c1-17(2,3)25-15(23)21(7)14-20-12-10-11(19)8-9-13(12)22(14)16(24)26-18(4,5)6/h8-10H,1-7H3. The first-order valence-electron chi connectivity index (χ1n) is 8.16. The average Bonchev–Trinajstić information content (AvgIpc) is 2.80. The number of nitrogens with zero attached hydrogens (tertiary/aromatic N) is 3. The van der Waals surface area contributed by atoms with Gasteiger partial charge in [-0.15, -0.1) is 0 Å². The van der Waals surface area contributed by atoms with E-state index in [1.54, 1.807) is 59.7 Å². The van der Waals surface area contributed by atoms with Gasteiger partial charge in [0.05, 0.1) is 11.0 Å². The molecule has 0 saturated heterocycles. The molecule has 0 radical (unpaired) electrons. The van der Waals surface area contributed by atoms with Gasteiger partial charge in [-0.2, -0.15) is 0 Å². The van der Waals surface area contributed by atoms with Crippen molar-refractivity contribution in [2.24, 2.45) is 0 Å². The van der Waals surface area contributed by atoms with Gasteiger partial charge in [-0.05, 0) is 59.7 Å². The number of carbonyl (C=O) groups is 2. The predicted octanol–water partition coefficient (Wildman–Crippen LogP) is 4.95. The number of ether oxygens (including phenoxy) is 2. The molecule has 0 unspecified atom stereocenters. The molecule has 0 aliphatic rings. The number of halogens is 1. The Morgan fingerprint density at radius 1 is 1.08 bits per heavy atom. The van der Waals surface area contributed by atoms with Crippen molar-refractivity contribution in [2.75, 3.05) is 11.9 Å². The van der Waals surface area contributed by atoms with E-state index in [1.165, 1.54) is 16.5 Å². The largest absolute Gasteiger partial charge is 0.443 e. The number of carbonyl (C=O) groups excluding carboxylic acids is 2. The van der Waals surface area contributed by atoms with Crippen molar-refractivity contribution in [1.29, 1.82) is 0 Å². The number of benzene rings is 1. The average molecular weight is 426 g/mol. The molecule has 2 rings (SSSR count). The lowest BCUT2D eigenvalue weighted by atomic mass is 10.2. The Labute approximate surface area is 161 Å². The smallest absolute Gasteiger partial charge is 0.421 e. The minimum absolute atomic E-state index is 0.126. The first-order valence-corrected chi connectivity index (χ1v) is 8.96. The molecule has 0 saturated carbocycles. The van der Waals surface area contributed by atoms with Gasteiger partial charge in [0, 0.05) is 11.5 Å². The summed E-state index contributed by atoms with van der Waals surface area (Å²) in [5.41, 5.74) is -0.273. The summed E-state index contributed by atoms with van der Waals surface area (Å²) in [7, 11) is 1.51. The summed E-state index contributed by atoms with van der Waals surface area (Å²) < 4.78 is 13.0. The third-order valence-electron chi connectivity index (χ3n) is 3.14. The van der Waals surface area contributed by atoms with E-state index in [0.29, 0.717) is 11.0 Å². The lowest BCUT2D eigenvalue weighted by Crippen LogP contribution is -2.37. The summed E-state index contributed by atoms with van der Waals surface area (Å²) >= 11 is 3.39. The fourth-order valence-corrected chi connectivity index (χ4v) is 2.51. The third kappa shape index (κ3) is 4.75. The van der Waals surface area contributed by atoms with Gasteiger partial charge in [-0.25, -0.2) is 24.0 Å². The topological polar surface area (TPSA) is 73.7 Å². The number of fused-ring (bicyclic) bond motifs is 1. The maximum atomic E-state index is 12.8. The molecule has 8 heteroatoms. The van der Waals surface area contributed by atoms with Crippen LogP contribution in [0.4, 0.5) is 15.5 Å². The normalized spacial score (nSPS) is 12.2. The number of anilines is 1. The Kier molecular flexibility index (Phi) is 5.37. The lowest BCUT2D eigenvalue weighted by Gasteiger charge is -2.25. The molecule has 0 fully saturated rings. The number of amides is 1. The maximum absolute atomic E-state index is 12.8. The minimum atomic E-state index is -0.690. The van der Waals surface area contributed by atoms with Crippen LogP contribution in [0.2, 0.25) is 0 Å². The van der Waals surface area contributed by atoms with Gasteiger partial charge >= 0.3 is 12.2 Å². The Hall–Kier alpha value is -2.09. The zero-order chi connectivity index (χ0) is 19.9. The van der Waals surface area contributed by atoms with Gasteiger partial charge < -0.3 is 9.47 Å². The Balaban J connectivity index is 2.55. The lowest BCUT2D eigenvalue weighted by molar-refractivity contribution is 0.0540. The van der Waals surface area contributed by atoms with Gasteiger partial charge in [0.15, 0.2) is 0 Å². The SMILES string of the molecule is CN(C(=O)OC(C)(C)C)c1nc2cc(Br)ccc2n1C(=O)OC(C)(C)C. The zero-order valence-corrected chi connectivity index (χ0v) is 17.7. The van der Waals surface area contributed by atoms with Crippen LogP contribution < -0.4 is 4.90 Å². The van der Waals surface area contributed by atoms with Crippen LogP contribution in [-0.2, 0) is 9.47 Å². The van der Waals surface area contributed by atoms with Crippen molar-refractivity contribution < 1.29 is 19.1 Å². The van der Waals surface area contributed by atoms with E-state index in [-0.39, 0.29) is 5.95 Å².